The van der Waals surface area contributed by atoms with Crippen molar-refractivity contribution in [1.29, 1.82) is 0 Å². The van der Waals surface area contributed by atoms with Crippen LogP contribution in [-0.4, -0.2) is 16.4 Å². The number of ether oxygens (including phenoxy) is 1. The fourth-order valence-corrected chi connectivity index (χ4v) is 1.27. The highest BCUT2D eigenvalue weighted by Gasteiger charge is 2.02. The molecule has 14 heavy (non-hydrogen) atoms. The summed E-state index contributed by atoms with van der Waals surface area (Å²) in [6.07, 6.45) is 0.148. The van der Waals surface area contributed by atoms with Crippen LogP contribution < -0.4 is 4.74 Å². The van der Waals surface area contributed by atoms with E-state index in [0.29, 0.717) is 5.88 Å². The first-order valence-corrected chi connectivity index (χ1v) is 5.63. The number of aromatic nitrogens is 1. The summed E-state index contributed by atoms with van der Waals surface area (Å²) in [6.45, 7) is 7.86. The van der Waals surface area contributed by atoms with Gasteiger partial charge in [0.2, 0.25) is 5.88 Å². The van der Waals surface area contributed by atoms with E-state index in [1.165, 1.54) is 0 Å². The Balaban J connectivity index is 2.84. The zero-order valence-corrected chi connectivity index (χ0v) is 10.0. The molecular weight excluding hydrogens is 242 g/mol. The fraction of sp³-hybridized carbons (Fsp3) is 0.364. The Labute approximate surface area is 93.1 Å². The van der Waals surface area contributed by atoms with Crippen LogP contribution in [0.2, 0.25) is 0 Å². The summed E-state index contributed by atoms with van der Waals surface area (Å²) < 4.78 is 5.48. The van der Waals surface area contributed by atoms with Crippen molar-refractivity contribution in [2.45, 2.75) is 20.0 Å². The summed E-state index contributed by atoms with van der Waals surface area (Å²) in [5.74, 6) is 0.652. The minimum Gasteiger partial charge on any atom is -0.475 e. The number of rotatable bonds is 4. The lowest BCUT2D eigenvalue weighted by Gasteiger charge is -2.09. The average Bonchev–Trinajstić information content (AvgIpc) is 2.16. The summed E-state index contributed by atoms with van der Waals surface area (Å²) >= 11 is 3.35. The van der Waals surface area contributed by atoms with E-state index >= 15 is 0 Å². The quantitative estimate of drug-likeness (QED) is 0.771. The Kier molecular flexibility index (Phi) is 4.14. The molecule has 2 nitrogen and oxygen atoms in total. The van der Waals surface area contributed by atoms with Crippen molar-refractivity contribution in [1.82, 2.24) is 4.98 Å². The van der Waals surface area contributed by atoms with Crippen LogP contribution in [0, 0.1) is 0 Å². The van der Waals surface area contributed by atoms with Crippen LogP contribution in [0.25, 0.3) is 5.57 Å². The number of hydrogen-bond donors (Lipinski definition) is 0. The van der Waals surface area contributed by atoms with E-state index in [9.17, 15) is 0 Å². The molecule has 0 saturated carbocycles. The van der Waals surface area contributed by atoms with Crippen LogP contribution in [0.1, 0.15) is 19.5 Å². The molecule has 1 rings (SSSR count). The standard InChI is InChI=1S/C11H14BrNO/c1-8(2)14-11-6-4-5-10(13-11)9(3)7-12/h4-6,8H,3,7H2,1-2H3. The van der Waals surface area contributed by atoms with Gasteiger partial charge in [0, 0.05) is 11.4 Å². The van der Waals surface area contributed by atoms with Crippen LogP contribution in [0.15, 0.2) is 24.8 Å². The second-order valence-electron chi connectivity index (χ2n) is 3.26. The third-order valence-electron chi connectivity index (χ3n) is 1.60. The van der Waals surface area contributed by atoms with Gasteiger partial charge < -0.3 is 4.74 Å². The number of hydrogen-bond acceptors (Lipinski definition) is 2. The first-order chi connectivity index (χ1) is 6.63. The zero-order chi connectivity index (χ0) is 10.6. The molecule has 0 saturated heterocycles. The highest BCUT2D eigenvalue weighted by molar-refractivity contribution is 9.09. The highest BCUT2D eigenvalue weighted by atomic mass is 79.9. The highest BCUT2D eigenvalue weighted by Crippen LogP contribution is 2.16. The maximum atomic E-state index is 5.48. The van der Waals surface area contributed by atoms with E-state index < -0.39 is 0 Å². The normalized spacial score (nSPS) is 10.3. The van der Waals surface area contributed by atoms with Crippen LogP contribution in [0.5, 0.6) is 5.88 Å². The van der Waals surface area contributed by atoms with Crippen molar-refractivity contribution in [2.24, 2.45) is 0 Å². The second kappa shape index (κ2) is 5.15. The molecule has 0 fully saturated rings. The SMILES string of the molecule is C=C(CBr)c1cccc(OC(C)C)n1. The molecule has 0 aromatic carbocycles. The van der Waals surface area contributed by atoms with Gasteiger partial charge in [0.05, 0.1) is 11.8 Å². The fourth-order valence-electron chi connectivity index (χ4n) is 0.987. The van der Waals surface area contributed by atoms with E-state index in [1.807, 2.05) is 32.0 Å². The predicted molar refractivity (Wildman–Crippen MR) is 62.8 cm³/mol. The number of pyridine rings is 1. The van der Waals surface area contributed by atoms with Crippen LogP contribution in [0.3, 0.4) is 0 Å². The van der Waals surface area contributed by atoms with E-state index in [4.69, 9.17) is 4.74 Å². The topological polar surface area (TPSA) is 22.1 Å². The molecule has 0 radical (unpaired) electrons. The van der Waals surface area contributed by atoms with Gasteiger partial charge >= 0.3 is 0 Å². The Hall–Kier alpha value is -0.830. The van der Waals surface area contributed by atoms with E-state index in [2.05, 4.69) is 27.5 Å². The Morgan fingerprint density at radius 3 is 2.86 bits per heavy atom. The van der Waals surface area contributed by atoms with E-state index in [1.54, 1.807) is 0 Å². The van der Waals surface area contributed by atoms with Crippen molar-refractivity contribution < 1.29 is 4.74 Å². The van der Waals surface area contributed by atoms with Gasteiger partial charge in [-0.25, -0.2) is 4.98 Å². The van der Waals surface area contributed by atoms with Crippen LogP contribution in [-0.2, 0) is 0 Å². The summed E-state index contributed by atoms with van der Waals surface area (Å²) in [5, 5.41) is 0.727. The van der Waals surface area contributed by atoms with Gasteiger partial charge in [0.25, 0.3) is 0 Å². The van der Waals surface area contributed by atoms with Crippen LogP contribution >= 0.6 is 15.9 Å². The molecule has 0 aliphatic heterocycles. The second-order valence-corrected chi connectivity index (χ2v) is 3.83. The molecule has 1 heterocycles. The van der Waals surface area contributed by atoms with Gasteiger partial charge in [-0.05, 0) is 25.5 Å². The molecule has 0 aliphatic rings. The third-order valence-corrected chi connectivity index (χ3v) is 2.28. The van der Waals surface area contributed by atoms with Gasteiger partial charge in [-0.3, -0.25) is 0 Å². The number of nitrogens with zero attached hydrogens (tertiary/aromatic N) is 1. The van der Waals surface area contributed by atoms with Crippen molar-refractivity contribution in [3.8, 4) is 5.88 Å². The molecule has 1 aromatic heterocycles. The minimum atomic E-state index is 0.148. The van der Waals surface area contributed by atoms with Crippen molar-refractivity contribution >= 4 is 21.5 Å². The van der Waals surface area contributed by atoms with Gasteiger partial charge in [0.15, 0.2) is 0 Å². The van der Waals surface area contributed by atoms with Gasteiger partial charge in [-0.1, -0.05) is 28.6 Å². The molecule has 0 atom stereocenters. The lowest BCUT2D eigenvalue weighted by molar-refractivity contribution is 0.232. The predicted octanol–water partition coefficient (Wildman–Crippen LogP) is 3.28. The molecule has 76 valence electrons. The van der Waals surface area contributed by atoms with E-state index in [0.717, 1.165) is 16.6 Å². The van der Waals surface area contributed by atoms with Crippen molar-refractivity contribution in [2.75, 3.05) is 5.33 Å². The zero-order valence-electron chi connectivity index (χ0n) is 8.46. The third kappa shape index (κ3) is 3.14. The molecule has 3 heteroatoms. The molecular formula is C11H14BrNO. The summed E-state index contributed by atoms with van der Waals surface area (Å²) in [6, 6.07) is 5.70. The molecule has 0 aliphatic carbocycles. The molecule has 0 amide bonds. The maximum Gasteiger partial charge on any atom is 0.214 e. The molecule has 0 spiro atoms. The molecule has 0 N–H and O–H groups in total. The summed E-state index contributed by atoms with van der Waals surface area (Å²) in [7, 11) is 0. The molecule has 0 unspecified atom stereocenters. The largest absolute Gasteiger partial charge is 0.475 e. The van der Waals surface area contributed by atoms with Gasteiger partial charge in [-0.15, -0.1) is 0 Å². The molecule has 0 bridgehead atoms. The monoisotopic (exact) mass is 255 g/mol. The van der Waals surface area contributed by atoms with Crippen molar-refractivity contribution in [3.05, 3.63) is 30.5 Å². The number of halogens is 1. The minimum absolute atomic E-state index is 0.148. The van der Waals surface area contributed by atoms with E-state index in [-0.39, 0.29) is 6.10 Å². The Morgan fingerprint density at radius 2 is 2.29 bits per heavy atom. The van der Waals surface area contributed by atoms with Crippen LogP contribution in [0.4, 0.5) is 0 Å². The maximum absolute atomic E-state index is 5.48. The lowest BCUT2D eigenvalue weighted by Crippen LogP contribution is -2.07. The number of allylic oxidation sites excluding steroid dienone is 1. The first-order valence-electron chi connectivity index (χ1n) is 4.51. The Morgan fingerprint density at radius 1 is 1.57 bits per heavy atom. The molecule has 1 aromatic rings. The first kappa shape index (κ1) is 11.2. The number of alkyl halides is 1. The Bertz CT molecular complexity index is 323. The van der Waals surface area contributed by atoms with Gasteiger partial charge in [0.1, 0.15) is 0 Å². The van der Waals surface area contributed by atoms with Gasteiger partial charge in [-0.2, -0.15) is 0 Å². The smallest absolute Gasteiger partial charge is 0.214 e. The summed E-state index contributed by atoms with van der Waals surface area (Å²) in [4.78, 5) is 4.33. The van der Waals surface area contributed by atoms with Crippen molar-refractivity contribution in [3.63, 3.8) is 0 Å². The average molecular weight is 256 g/mol. The summed E-state index contributed by atoms with van der Waals surface area (Å²) in [5.41, 5.74) is 1.83. The lowest BCUT2D eigenvalue weighted by atomic mass is 10.2.